The van der Waals surface area contributed by atoms with Crippen LogP contribution in [-0.2, 0) is 14.3 Å². The molecule has 0 aromatic heterocycles. The zero-order chi connectivity index (χ0) is 22.3. The summed E-state index contributed by atoms with van der Waals surface area (Å²) in [6.07, 6.45) is 0.802. The van der Waals surface area contributed by atoms with Crippen molar-refractivity contribution >= 4 is 17.2 Å². The Morgan fingerprint density at radius 2 is 2.00 bits per heavy atom. The van der Waals surface area contributed by atoms with Gasteiger partial charge in [0.2, 0.25) is 5.88 Å². The summed E-state index contributed by atoms with van der Waals surface area (Å²) in [5.41, 5.74) is 7.11. The predicted molar refractivity (Wildman–Crippen MR) is 112 cm³/mol. The van der Waals surface area contributed by atoms with E-state index >= 15 is 0 Å². The quantitative estimate of drug-likeness (QED) is 0.579. The minimum absolute atomic E-state index is 0.0586. The third-order valence-corrected chi connectivity index (χ3v) is 5.96. The van der Waals surface area contributed by atoms with Crippen LogP contribution in [0.2, 0.25) is 0 Å². The number of nitro benzene ring substituents is 1. The molecule has 3 aliphatic rings. The lowest BCUT2D eigenvalue weighted by Crippen LogP contribution is -2.36. The number of nitrogens with zero attached hydrogens (tertiary/aromatic N) is 3. The minimum Gasteiger partial charge on any atom is -0.444 e. The van der Waals surface area contributed by atoms with E-state index in [0.717, 1.165) is 0 Å². The molecule has 1 fully saturated rings. The van der Waals surface area contributed by atoms with Gasteiger partial charge in [-0.25, -0.2) is 0 Å². The Morgan fingerprint density at radius 3 is 2.65 bits per heavy atom. The lowest BCUT2D eigenvalue weighted by Gasteiger charge is -2.37. The number of hydrogen-bond acceptors (Lipinski definition) is 8. The van der Waals surface area contributed by atoms with E-state index in [1.807, 2.05) is 24.8 Å². The van der Waals surface area contributed by atoms with Crippen LogP contribution in [0.5, 0.6) is 0 Å². The lowest BCUT2D eigenvalue weighted by molar-refractivity contribution is -0.384. The van der Waals surface area contributed by atoms with Gasteiger partial charge in [-0.3, -0.25) is 14.9 Å². The number of anilines is 1. The molecule has 1 saturated heterocycles. The van der Waals surface area contributed by atoms with E-state index in [4.69, 9.17) is 15.2 Å². The molecule has 0 spiro atoms. The number of hydrogen-bond donors (Lipinski definition) is 1. The molecule has 4 rings (SSSR count). The average molecular weight is 424 g/mol. The summed E-state index contributed by atoms with van der Waals surface area (Å²) >= 11 is 0. The normalized spacial score (nSPS) is 23.2. The smallest absolute Gasteiger partial charge is 0.292 e. The fourth-order valence-electron chi connectivity index (χ4n) is 4.56. The van der Waals surface area contributed by atoms with Crippen LogP contribution in [0.25, 0.3) is 0 Å². The highest BCUT2D eigenvalue weighted by molar-refractivity contribution is 6.00. The zero-order valence-electron chi connectivity index (χ0n) is 17.5. The second-order valence-corrected chi connectivity index (χ2v) is 8.81. The molecule has 0 amide bonds. The van der Waals surface area contributed by atoms with Crippen molar-refractivity contribution in [3.8, 4) is 6.07 Å². The van der Waals surface area contributed by atoms with E-state index < -0.39 is 10.8 Å². The van der Waals surface area contributed by atoms with Crippen LogP contribution in [0.1, 0.15) is 38.2 Å². The van der Waals surface area contributed by atoms with Gasteiger partial charge in [0.25, 0.3) is 5.69 Å². The average Bonchev–Trinajstić information content (AvgIpc) is 2.72. The monoisotopic (exact) mass is 424 g/mol. The maximum absolute atomic E-state index is 13.1. The van der Waals surface area contributed by atoms with E-state index in [1.165, 1.54) is 6.07 Å². The zero-order valence-corrected chi connectivity index (χ0v) is 17.5. The van der Waals surface area contributed by atoms with Crippen LogP contribution in [0.15, 0.2) is 41.0 Å². The van der Waals surface area contributed by atoms with Crippen LogP contribution in [0.3, 0.4) is 0 Å². The van der Waals surface area contributed by atoms with Crippen LogP contribution >= 0.6 is 0 Å². The number of nitrogens with two attached hydrogens (primary N) is 1. The molecule has 0 bridgehead atoms. The third kappa shape index (κ3) is 3.75. The molecule has 1 aromatic carbocycles. The predicted octanol–water partition coefficient (Wildman–Crippen LogP) is 2.88. The lowest BCUT2D eigenvalue weighted by atomic mass is 9.70. The number of carbonyl (C=O) groups is 1. The van der Waals surface area contributed by atoms with Gasteiger partial charge in [-0.05, 0) is 17.0 Å². The van der Waals surface area contributed by atoms with Gasteiger partial charge >= 0.3 is 0 Å². The highest BCUT2D eigenvalue weighted by Crippen LogP contribution is 2.48. The molecule has 0 radical (unpaired) electrons. The second-order valence-electron chi connectivity index (χ2n) is 8.81. The number of nitro groups is 1. The van der Waals surface area contributed by atoms with Crippen molar-refractivity contribution in [3.05, 3.63) is 56.7 Å². The molecule has 2 aliphatic heterocycles. The Balaban J connectivity index is 1.84. The number of carbonyl (C=O) groups excluding carboxylic acids is 1. The molecule has 9 nitrogen and oxygen atoms in total. The van der Waals surface area contributed by atoms with Crippen molar-refractivity contribution in [2.45, 2.75) is 32.6 Å². The first-order valence-electron chi connectivity index (χ1n) is 10.2. The van der Waals surface area contributed by atoms with Gasteiger partial charge in [0.1, 0.15) is 23.1 Å². The molecule has 2 heterocycles. The van der Waals surface area contributed by atoms with Crippen LogP contribution in [-0.4, -0.2) is 37.0 Å². The molecular formula is C22H24N4O5. The summed E-state index contributed by atoms with van der Waals surface area (Å²) in [4.78, 5) is 26.4. The van der Waals surface area contributed by atoms with E-state index in [9.17, 15) is 20.2 Å². The van der Waals surface area contributed by atoms with E-state index in [1.54, 1.807) is 12.1 Å². The van der Waals surface area contributed by atoms with Gasteiger partial charge in [0.15, 0.2) is 5.78 Å². The summed E-state index contributed by atoms with van der Waals surface area (Å²) in [6.45, 7) is 6.03. The molecule has 162 valence electrons. The van der Waals surface area contributed by atoms with Gasteiger partial charge in [-0.15, -0.1) is 0 Å². The Bertz CT molecular complexity index is 1060. The number of ether oxygens (including phenoxy) is 2. The highest BCUT2D eigenvalue weighted by atomic mass is 16.6. The third-order valence-electron chi connectivity index (χ3n) is 5.96. The van der Waals surface area contributed by atoms with Crippen molar-refractivity contribution in [1.82, 2.24) is 0 Å². The highest BCUT2D eigenvalue weighted by Gasteiger charge is 2.43. The number of nitriles is 1. The fourth-order valence-corrected chi connectivity index (χ4v) is 4.56. The maximum Gasteiger partial charge on any atom is 0.292 e. The van der Waals surface area contributed by atoms with Crippen molar-refractivity contribution in [2.75, 3.05) is 31.2 Å². The van der Waals surface area contributed by atoms with Crippen LogP contribution < -0.4 is 10.6 Å². The van der Waals surface area contributed by atoms with Gasteiger partial charge in [-0.1, -0.05) is 19.9 Å². The summed E-state index contributed by atoms with van der Waals surface area (Å²) in [5, 5.41) is 21.6. The first-order valence-corrected chi connectivity index (χ1v) is 10.2. The van der Waals surface area contributed by atoms with Crippen molar-refractivity contribution in [2.24, 2.45) is 11.1 Å². The molecule has 1 atom stereocenters. The van der Waals surface area contributed by atoms with Gasteiger partial charge in [-0.2, -0.15) is 5.26 Å². The minimum atomic E-state index is -0.783. The number of benzene rings is 1. The molecule has 2 N–H and O–H groups in total. The number of ketones is 1. The van der Waals surface area contributed by atoms with Crippen molar-refractivity contribution in [3.63, 3.8) is 0 Å². The molecule has 0 unspecified atom stereocenters. The Labute approximate surface area is 179 Å². The molecule has 0 saturated carbocycles. The summed E-state index contributed by atoms with van der Waals surface area (Å²) in [6, 6.07) is 6.91. The molecule has 1 aliphatic carbocycles. The van der Waals surface area contributed by atoms with Gasteiger partial charge in [0.05, 0.1) is 24.1 Å². The number of rotatable bonds is 3. The Morgan fingerprint density at radius 1 is 1.29 bits per heavy atom. The number of allylic oxidation sites excluding steroid dienone is 3. The Kier molecular flexibility index (Phi) is 5.19. The first kappa shape index (κ1) is 20.9. The fraction of sp³-hybridized carbons (Fsp3) is 0.455. The van der Waals surface area contributed by atoms with E-state index in [-0.39, 0.29) is 28.3 Å². The summed E-state index contributed by atoms with van der Waals surface area (Å²) in [7, 11) is 0. The SMILES string of the molecule is CC1(C)CC(=O)C2=C(C1)OC(N)=C(C#N)[C@@H]2c1ccc(N2CCOCC2)c([N+](=O)[O-])c1. The van der Waals surface area contributed by atoms with Gasteiger partial charge < -0.3 is 20.1 Å². The molecular weight excluding hydrogens is 400 g/mol. The topological polar surface area (TPSA) is 132 Å². The van der Waals surface area contributed by atoms with E-state index in [0.29, 0.717) is 61.7 Å². The van der Waals surface area contributed by atoms with Crippen molar-refractivity contribution in [1.29, 1.82) is 5.26 Å². The van der Waals surface area contributed by atoms with Crippen LogP contribution in [0.4, 0.5) is 11.4 Å². The van der Waals surface area contributed by atoms with E-state index in [2.05, 4.69) is 0 Å². The second kappa shape index (κ2) is 7.71. The van der Waals surface area contributed by atoms with Crippen LogP contribution in [0, 0.1) is 26.9 Å². The Hall–Kier alpha value is -3.38. The summed E-state index contributed by atoms with van der Waals surface area (Å²) in [5.74, 6) is -0.523. The summed E-state index contributed by atoms with van der Waals surface area (Å²) < 4.78 is 11.0. The number of Topliss-reactive ketones (excluding diaryl/α,β-unsaturated/α-hetero) is 1. The first-order chi connectivity index (χ1) is 14.7. The van der Waals surface area contributed by atoms with Gasteiger partial charge in [0, 0.05) is 37.6 Å². The molecule has 31 heavy (non-hydrogen) atoms. The standard InChI is InChI=1S/C22H24N4O5/c1-22(2)10-17(27)20-18(11-22)31-21(24)14(12-23)19(20)13-3-4-15(16(9-13)26(28)29)25-5-7-30-8-6-25/h3-4,9,19H,5-8,10-11,24H2,1-2H3/t19-/m0/s1. The molecule has 9 heteroatoms. The molecule has 1 aromatic rings. The largest absolute Gasteiger partial charge is 0.444 e. The van der Waals surface area contributed by atoms with Crippen molar-refractivity contribution < 1.29 is 19.2 Å². The number of morpholine rings is 1. The maximum atomic E-state index is 13.1.